The average molecular weight is 573 g/mol. The standard InChI is InChI=1S/2C6H12O3.C6H12O2.C5H12O2.C5H12O/c1-6(2,3)9-5(7)8-4;1-5(7)9-6(2,3)8-4;1-5(7)8-6(2,3)4;1-5(2,6-3)7-4;1-5(2,3)6-4/h2*1-4H3;1-4H3;1-4H3;1-4H3. The van der Waals surface area contributed by atoms with Crippen molar-refractivity contribution in [2.45, 2.75) is 132 Å². The normalized spacial score (nSPS) is 11.3. The molecule has 0 fully saturated rings. The molecule has 0 unspecified atom stereocenters. The molecule has 238 valence electrons. The average Bonchev–Trinajstić information content (AvgIpc) is 2.71. The first-order valence-corrected chi connectivity index (χ1v) is 12.4. The summed E-state index contributed by atoms with van der Waals surface area (Å²) in [7, 11) is 7.71. The Bertz CT molecular complexity index is 629. The highest BCUT2D eigenvalue weighted by molar-refractivity contribution is 5.66. The fraction of sp³-hybridized carbons (Fsp3) is 0.893. The summed E-state index contributed by atoms with van der Waals surface area (Å²) in [6.07, 6.45) is -0.637. The van der Waals surface area contributed by atoms with E-state index in [1.165, 1.54) is 28.1 Å². The van der Waals surface area contributed by atoms with Crippen molar-refractivity contribution in [3.05, 3.63) is 0 Å². The van der Waals surface area contributed by atoms with Gasteiger partial charge in [-0.25, -0.2) is 4.79 Å². The summed E-state index contributed by atoms with van der Waals surface area (Å²) in [5.41, 5.74) is -0.737. The second-order valence-electron chi connectivity index (χ2n) is 11.7. The lowest BCUT2D eigenvalue weighted by Crippen LogP contribution is -2.28. The molecule has 0 aromatic rings. The Morgan fingerprint density at radius 1 is 0.410 bits per heavy atom. The van der Waals surface area contributed by atoms with Crippen LogP contribution in [0, 0.1) is 0 Å². The highest BCUT2D eigenvalue weighted by Crippen LogP contribution is 2.09. The molecule has 0 aromatic heterocycles. The van der Waals surface area contributed by atoms with Crippen LogP contribution in [0.15, 0.2) is 0 Å². The Kier molecular flexibility index (Phi) is 26.2. The van der Waals surface area contributed by atoms with Gasteiger partial charge in [-0.15, -0.1) is 0 Å². The maximum Gasteiger partial charge on any atom is 0.508 e. The highest BCUT2D eigenvalue weighted by Gasteiger charge is 2.18. The summed E-state index contributed by atoms with van der Waals surface area (Å²) >= 11 is 0. The Hall–Kier alpha value is -1.95. The lowest BCUT2D eigenvalue weighted by Gasteiger charge is -2.21. The topological polar surface area (TPSA) is 125 Å². The van der Waals surface area contributed by atoms with Gasteiger partial charge in [-0.2, -0.15) is 0 Å². The molecule has 0 heterocycles. The largest absolute Gasteiger partial charge is 0.508 e. The lowest BCUT2D eigenvalue weighted by molar-refractivity contribution is -0.203. The van der Waals surface area contributed by atoms with Crippen molar-refractivity contribution in [1.82, 2.24) is 0 Å². The van der Waals surface area contributed by atoms with E-state index < -0.39 is 23.3 Å². The number of esters is 2. The summed E-state index contributed by atoms with van der Waals surface area (Å²) in [4.78, 5) is 30.9. The van der Waals surface area contributed by atoms with Gasteiger partial charge in [-0.05, 0) is 76.2 Å². The number of hydrogen-bond acceptors (Lipinski definition) is 11. The summed E-state index contributed by atoms with van der Waals surface area (Å²) in [6.45, 7) is 26.7. The molecule has 11 nitrogen and oxygen atoms in total. The predicted octanol–water partition coefficient (Wildman–Crippen LogP) is 6.29. The van der Waals surface area contributed by atoms with Crippen molar-refractivity contribution in [1.29, 1.82) is 0 Å². The molecular formula is C28H60O11. The summed E-state index contributed by atoms with van der Waals surface area (Å²) in [5, 5.41) is 0. The molecule has 0 saturated carbocycles. The van der Waals surface area contributed by atoms with Gasteiger partial charge in [0, 0.05) is 56.1 Å². The summed E-state index contributed by atoms with van der Waals surface area (Å²) in [5.74, 6) is -1.76. The molecule has 0 atom stereocenters. The second-order valence-corrected chi connectivity index (χ2v) is 11.7. The zero-order valence-corrected chi connectivity index (χ0v) is 28.5. The number of carbonyl (C=O) groups excluding carboxylic acids is 3. The molecule has 0 bridgehead atoms. The van der Waals surface area contributed by atoms with Crippen LogP contribution in [0.25, 0.3) is 0 Å². The smallest absolute Gasteiger partial charge is 0.460 e. The van der Waals surface area contributed by atoms with Gasteiger partial charge < -0.3 is 37.9 Å². The zero-order chi connectivity index (χ0) is 32.9. The molecule has 0 aliphatic heterocycles. The molecule has 0 aliphatic carbocycles. The van der Waals surface area contributed by atoms with E-state index in [1.54, 1.807) is 55.9 Å². The number of carbonyl (C=O) groups is 3. The van der Waals surface area contributed by atoms with Gasteiger partial charge in [0.1, 0.15) is 11.2 Å². The Morgan fingerprint density at radius 2 is 0.692 bits per heavy atom. The zero-order valence-electron chi connectivity index (χ0n) is 28.5. The Labute approximate surface area is 238 Å². The fourth-order valence-corrected chi connectivity index (χ4v) is 1.19. The maximum absolute atomic E-state index is 10.4. The second kappa shape index (κ2) is 21.8. The van der Waals surface area contributed by atoms with Crippen molar-refractivity contribution < 1.29 is 52.3 Å². The summed E-state index contributed by atoms with van der Waals surface area (Å²) < 4.78 is 38.0. The first-order valence-electron chi connectivity index (χ1n) is 12.4. The van der Waals surface area contributed by atoms with Crippen molar-refractivity contribution in [2.24, 2.45) is 0 Å². The third-order valence-electron chi connectivity index (χ3n) is 3.48. The molecule has 0 amide bonds. The predicted molar refractivity (Wildman–Crippen MR) is 152 cm³/mol. The highest BCUT2D eigenvalue weighted by atomic mass is 16.7. The lowest BCUT2D eigenvalue weighted by atomic mass is 10.2. The van der Waals surface area contributed by atoms with Gasteiger partial charge >= 0.3 is 18.1 Å². The van der Waals surface area contributed by atoms with E-state index in [9.17, 15) is 14.4 Å². The van der Waals surface area contributed by atoms with Crippen molar-refractivity contribution in [2.75, 3.05) is 35.5 Å². The molecule has 11 heteroatoms. The van der Waals surface area contributed by atoms with E-state index >= 15 is 0 Å². The van der Waals surface area contributed by atoms with E-state index in [0.29, 0.717) is 0 Å². The molecule has 0 aliphatic rings. The van der Waals surface area contributed by atoms with Gasteiger partial charge in [-0.1, -0.05) is 0 Å². The van der Waals surface area contributed by atoms with Crippen LogP contribution in [-0.4, -0.2) is 82.0 Å². The first kappa shape index (κ1) is 46.9. The number of methoxy groups -OCH3 is 5. The van der Waals surface area contributed by atoms with Crippen LogP contribution in [0.4, 0.5) is 4.79 Å². The minimum atomic E-state index is -0.786. The minimum absolute atomic E-state index is 0.0417. The molecule has 0 saturated heterocycles. The number of ether oxygens (including phenoxy) is 8. The minimum Gasteiger partial charge on any atom is -0.460 e. The van der Waals surface area contributed by atoms with Crippen LogP contribution in [-0.2, 0) is 47.5 Å². The van der Waals surface area contributed by atoms with Crippen molar-refractivity contribution >= 4 is 18.1 Å². The molecule has 39 heavy (non-hydrogen) atoms. The van der Waals surface area contributed by atoms with Crippen LogP contribution >= 0.6 is 0 Å². The molecule has 0 N–H and O–H groups in total. The van der Waals surface area contributed by atoms with Gasteiger partial charge in [0.05, 0.1) is 12.7 Å². The molecule has 0 radical (unpaired) electrons. The Balaban J connectivity index is -0.000000124. The van der Waals surface area contributed by atoms with E-state index in [0.717, 1.165) is 0 Å². The van der Waals surface area contributed by atoms with Crippen molar-refractivity contribution in [3.63, 3.8) is 0 Å². The molecular weight excluding hydrogens is 512 g/mol. The van der Waals surface area contributed by atoms with Crippen molar-refractivity contribution in [3.8, 4) is 0 Å². The third-order valence-corrected chi connectivity index (χ3v) is 3.48. The van der Waals surface area contributed by atoms with E-state index in [-0.39, 0.29) is 23.1 Å². The Morgan fingerprint density at radius 3 is 0.744 bits per heavy atom. The molecule has 0 rings (SSSR count). The van der Waals surface area contributed by atoms with Crippen LogP contribution in [0.1, 0.15) is 104 Å². The molecule has 0 spiro atoms. The maximum atomic E-state index is 10.4. The third kappa shape index (κ3) is 57.1. The summed E-state index contributed by atoms with van der Waals surface area (Å²) in [6, 6.07) is 0. The number of hydrogen-bond donors (Lipinski definition) is 0. The van der Waals surface area contributed by atoms with E-state index in [1.807, 2.05) is 55.4 Å². The van der Waals surface area contributed by atoms with E-state index in [4.69, 9.17) is 33.2 Å². The van der Waals surface area contributed by atoms with Crippen LogP contribution < -0.4 is 0 Å². The SMILES string of the molecule is CC(=O)OC(C)(C)C.COC(=O)OC(C)(C)C.COC(C)(C)C.COC(C)(C)OC.COC(C)(C)OC(C)=O. The first-order chi connectivity index (χ1) is 17.0. The monoisotopic (exact) mass is 572 g/mol. The molecule has 0 aromatic carbocycles. The van der Waals surface area contributed by atoms with Gasteiger partial charge in [0.15, 0.2) is 5.79 Å². The number of rotatable bonds is 4. The van der Waals surface area contributed by atoms with Gasteiger partial charge in [0.2, 0.25) is 5.79 Å². The van der Waals surface area contributed by atoms with Crippen LogP contribution in [0.5, 0.6) is 0 Å². The fourth-order valence-electron chi connectivity index (χ4n) is 1.19. The quantitative estimate of drug-likeness (QED) is 0.214. The van der Waals surface area contributed by atoms with Gasteiger partial charge in [-0.3, -0.25) is 9.59 Å². The van der Waals surface area contributed by atoms with Crippen LogP contribution in [0.3, 0.4) is 0 Å². The van der Waals surface area contributed by atoms with Crippen LogP contribution in [0.2, 0.25) is 0 Å². The van der Waals surface area contributed by atoms with E-state index in [2.05, 4.69) is 4.74 Å². The van der Waals surface area contributed by atoms with Gasteiger partial charge in [0.25, 0.3) is 0 Å².